The van der Waals surface area contributed by atoms with Gasteiger partial charge in [-0.1, -0.05) is 23.4 Å². The molecule has 23 heavy (non-hydrogen) atoms. The molecule has 7 heteroatoms. The topological polar surface area (TPSA) is 71.8 Å². The number of nitrogens with zero attached hydrogens (tertiary/aromatic N) is 2. The number of aromatic amines is 1. The lowest BCUT2D eigenvalue weighted by Crippen LogP contribution is -2.02. The van der Waals surface area contributed by atoms with E-state index in [0.29, 0.717) is 21.7 Å². The fraction of sp³-hybridized carbons (Fsp3) is 0.188. The number of nitrogens with one attached hydrogen (secondary N) is 1. The molecule has 0 radical (unpaired) electrons. The molecule has 0 aliphatic carbocycles. The third-order valence-electron chi connectivity index (χ3n) is 3.27. The second-order valence-electron chi connectivity index (χ2n) is 5.08. The zero-order valence-electron chi connectivity index (χ0n) is 12.6. The van der Waals surface area contributed by atoms with Crippen molar-refractivity contribution >= 4 is 29.1 Å². The smallest absolute Gasteiger partial charge is 0.277 e. The average molecular weight is 348 g/mol. The predicted molar refractivity (Wildman–Crippen MR) is 90.1 cm³/mol. The number of carbonyl (C=O) groups is 1. The maximum Gasteiger partial charge on any atom is 0.277 e. The molecule has 5 nitrogen and oxygen atoms in total. The van der Waals surface area contributed by atoms with Gasteiger partial charge in [-0.25, -0.2) is 0 Å². The van der Waals surface area contributed by atoms with Crippen molar-refractivity contribution in [2.24, 2.45) is 0 Å². The number of halogens is 1. The molecule has 0 aliphatic heterocycles. The Bertz CT molecular complexity index is 839. The molecule has 0 saturated heterocycles. The van der Waals surface area contributed by atoms with Crippen LogP contribution >= 0.6 is 23.4 Å². The number of H-pyrrole nitrogens is 1. The van der Waals surface area contributed by atoms with Gasteiger partial charge >= 0.3 is 0 Å². The molecule has 0 spiro atoms. The molecule has 0 fully saturated rings. The van der Waals surface area contributed by atoms with Crippen LogP contribution in [0.5, 0.6) is 0 Å². The Balaban J connectivity index is 1.66. The minimum absolute atomic E-state index is 0.0306. The Labute approximate surface area is 142 Å². The SMILES string of the molecule is Cc1cc(C(=O)CSc2nnc(-c3ccc(Cl)cc3)o2)c(C)[nH]1. The lowest BCUT2D eigenvalue weighted by atomic mass is 10.2. The first kappa shape index (κ1) is 15.8. The molecule has 0 atom stereocenters. The minimum Gasteiger partial charge on any atom is -0.411 e. The molecule has 0 saturated carbocycles. The number of thioether (sulfide) groups is 1. The third-order valence-corrected chi connectivity index (χ3v) is 4.34. The van der Waals surface area contributed by atoms with Gasteiger partial charge in [0.1, 0.15) is 0 Å². The Morgan fingerprint density at radius 3 is 2.65 bits per heavy atom. The van der Waals surface area contributed by atoms with Crippen LogP contribution in [0.15, 0.2) is 40.0 Å². The number of aromatic nitrogens is 3. The number of hydrogen-bond donors (Lipinski definition) is 1. The second-order valence-corrected chi connectivity index (χ2v) is 6.45. The summed E-state index contributed by atoms with van der Waals surface area (Å²) in [5.74, 6) is 0.689. The van der Waals surface area contributed by atoms with E-state index in [2.05, 4.69) is 15.2 Å². The molecule has 118 valence electrons. The Morgan fingerprint density at radius 1 is 1.26 bits per heavy atom. The zero-order valence-corrected chi connectivity index (χ0v) is 14.2. The molecule has 1 N–H and O–H groups in total. The fourth-order valence-electron chi connectivity index (χ4n) is 2.20. The summed E-state index contributed by atoms with van der Waals surface area (Å²) in [4.78, 5) is 15.3. The third kappa shape index (κ3) is 3.65. The Morgan fingerprint density at radius 2 is 2.00 bits per heavy atom. The Hall–Kier alpha value is -2.05. The summed E-state index contributed by atoms with van der Waals surface area (Å²) in [6.07, 6.45) is 0. The van der Waals surface area contributed by atoms with Gasteiger partial charge in [-0.3, -0.25) is 4.79 Å². The largest absolute Gasteiger partial charge is 0.411 e. The number of benzene rings is 1. The monoisotopic (exact) mass is 347 g/mol. The molecule has 1 aromatic carbocycles. The van der Waals surface area contributed by atoms with Crippen LogP contribution in [-0.4, -0.2) is 26.7 Å². The summed E-state index contributed by atoms with van der Waals surface area (Å²) >= 11 is 7.08. The van der Waals surface area contributed by atoms with Crippen molar-refractivity contribution in [3.05, 3.63) is 52.3 Å². The summed E-state index contributed by atoms with van der Waals surface area (Å²) in [7, 11) is 0. The van der Waals surface area contributed by atoms with Gasteiger partial charge in [-0.05, 0) is 44.2 Å². The van der Waals surface area contributed by atoms with Crippen molar-refractivity contribution in [3.63, 3.8) is 0 Å². The van der Waals surface area contributed by atoms with Crippen LogP contribution in [0.25, 0.3) is 11.5 Å². The molecule has 3 aromatic rings. The van der Waals surface area contributed by atoms with E-state index in [-0.39, 0.29) is 11.5 Å². The van der Waals surface area contributed by atoms with Crippen LogP contribution in [0.3, 0.4) is 0 Å². The number of ketones is 1. The van der Waals surface area contributed by atoms with Gasteiger partial charge in [-0.15, -0.1) is 10.2 Å². The molecule has 3 rings (SSSR count). The highest BCUT2D eigenvalue weighted by atomic mass is 35.5. The van der Waals surface area contributed by atoms with Gasteiger partial charge in [0.05, 0.1) is 5.75 Å². The number of Topliss-reactive ketones (excluding diaryl/α,β-unsaturated/α-hetero) is 1. The van der Waals surface area contributed by atoms with E-state index < -0.39 is 0 Å². The van der Waals surface area contributed by atoms with Gasteiger partial charge in [-0.2, -0.15) is 0 Å². The molecular formula is C16H14ClN3O2S. The highest BCUT2D eigenvalue weighted by Crippen LogP contribution is 2.25. The fourth-order valence-corrected chi connectivity index (χ4v) is 2.97. The van der Waals surface area contributed by atoms with Crippen LogP contribution in [0.1, 0.15) is 21.7 Å². The van der Waals surface area contributed by atoms with Crippen LogP contribution in [0.2, 0.25) is 5.02 Å². The summed E-state index contributed by atoms with van der Waals surface area (Å²) in [6, 6.07) is 8.98. The van der Waals surface area contributed by atoms with E-state index in [9.17, 15) is 4.79 Å². The van der Waals surface area contributed by atoms with Crippen molar-refractivity contribution in [1.82, 2.24) is 15.2 Å². The maximum absolute atomic E-state index is 12.2. The molecular weight excluding hydrogens is 334 g/mol. The van der Waals surface area contributed by atoms with E-state index in [1.807, 2.05) is 19.9 Å². The van der Waals surface area contributed by atoms with Crippen molar-refractivity contribution in [1.29, 1.82) is 0 Å². The average Bonchev–Trinajstić information content (AvgIpc) is 3.12. The first-order valence-corrected chi connectivity index (χ1v) is 8.31. The van der Waals surface area contributed by atoms with Gasteiger partial charge in [0, 0.05) is 27.5 Å². The molecule has 2 heterocycles. The van der Waals surface area contributed by atoms with Crippen LogP contribution in [0.4, 0.5) is 0 Å². The molecule has 0 aliphatic rings. The molecule has 0 bridgehead atoms. The number of aryl methyl sites for hydroxylation is 2. The standard InChI is InChI=1S/C16H14ClN3O2S/c1-9-7-13(10(2)18-9)14(21)8-23-16-20-19-15(22-16)11-3-5-12(17)6-4-11/h3-7,18H,8H2,1-2H3. The Kier molecular flexibility index (Phi) is 4.54. The van der Waals surface area contributed by atoms with Crippen LogP contribution < -0.4 is 0 Å². The summed E-state index contributed by atoms with van der Waals surface area (Å²) < 4.78 is 5.57. The zero-order chi connectivity index (χ0) is 16.4. The summed E-state index contributed by atoms with van der Waals surface area (Å²) in [6.45, 7) is 3.81. The maximum atomic E-state index is 12.2. The lowest BCUT2D eigenvalue weighted by Gasteiger charge is -1.97. The number of rotatable bonds is 5. The van der Waals surface area contributed by atoms with Crippen molar-refractivity contribution in [3.8, 4) is 11.5 Å². The van der Waals surface area contributed by atoms with Crippen LogP contribution in [-0.2, 0) is 0 Å². The molecule has 0 unspecified atom stereocenters. The van der Waals surface area contributed by atoms with E-state index >= 15 is 0 Å². The quantitative estimate of drug-likeness (QED) is 0.550. The summed E-state index contributed by atoms with van der Waals surface area (Å²) in [5, 5.41) is 8.96. The highest BCUT2D eigenvalue weighted by molar-refractivity contribution is 7.99. The van der Waals surface area contributed by atoms with Crippen molar-refractivity contribution in [2.75, 3.05) is 5.75 Å². The van der Waals surface area contributed by atoms with E-state index in [1.54, 1.807) is 24.3 Å². The normalized spacial score (nSPS) is 10.9. The first-order valence-electron chi connectivity index (χ1n) is 6.94. The van der Waals surface area contributed by atoms with Gasteiger partial charge < -0.3 is 9.40 Å². The number of carbonyl (C=O) groups excluding carboxylic acids is 1. The minimum atomic E-state index is 0.0306. The predicted octanol–water partition coefficient (Wildman–Crippen LogP) is 4.31. The van der Waals surface area contributed by atoms with E-state index in [1.165, 1.54) is 11.8 Å². The second kappa shape index (κ2) is 6.60. The molecule has 2 aromatic heterocycles. The molecule has 0 amide bonds. The lowest BCUT2D eigenvalue weighted by molar-refractivity contribution is 0.102. The van der Waals surface area contributed by atoms with E-state index in [4.69, 9.17) is 16.0 Å². The van der Waals surface area contributed by atoms with Gasteiger partial charge in [0.2, 0.25) is 5.89 Å². The number of hydrogen-bond acceptors (Lipinski definition) is 5. The highest BCUT2D eigenvalue weighted by Gasteiger charge is 2.15. The summed E-state index contributed by atoms with van der Waals surface area (Å²) in [5.41, 5.74) is 3.34. The van der Waals surface area contributed by atoms with Crippen molar-refractivity contribution in [2.45, 2.75) is 19.1 Å². The van der Waals surface area contributed by atoms with Crippen LogP contribution in [0, 0.1) is 13.8 Å². The first-order chi connectivity index (χ1) is 11.0. The van der Waals surface area contributed by atoms with Gasteiger partial charge in [0.15, 0.2) is 5.78 Å². The van der Waals surface area contributed by atoms with Gasteiger partial charge in [0.25, 0.3) is 5.22 Å². The van der Waals surface area contributed by atoms with Crippen molar-refractivity contribution < 1.29 is 9.21 Å². The van der Waals surface area contributed by atoms with E-state index in [0.717, 1.165) is 17.0 Å².